The predicted octanol–water partition coefficient (Wildman–Crippen LogP) is 2.85. The molecule has 1 saturated heterocycles. The second-order valence-electron chi connectivity index (χ2n) is 7.38. The van der Waals surface area contributed by atoms with Crippen LogP contribution < -0.4 is 10.1 Å². The lowest BCUT2D eigenvalue weighted by Gasteiger charge is -2.39. The standard InChI is InChI=1S/C21H27N3O/c1-16-7-8-19(13-22-16)25-10-9-24-14-17(15-24)12-23-21-11-20(21)18-5-3-2-4-6-18/h2-8,13,17,20-21,23H,9-12,14-15H2,1H3/t20?,21-/m1/s1. The van der Waals surface area contributed by atoms with E-state index in [1.807, 2.05) is 19.1 Å². The summed E-state index contributed by atoms with van der Waals surface area (Å²) in [4.78, 5) is 6.72. The van der Waals surface area contributed by atoms with E-state index in [0.29, 0.717) is 6.04 Å². The lowest BCUT2D eigenvalue weighted by Crippen LogP contribution is -2.52. The van der Waals surface area contributed by atoms with Crippen molar-refractivity contribution in [3.8, 4) is 5.75 Å². The van der Waals surface area contributed by atoms with Gasteiger partial charge < -0.3 is 10.1 Å². The van der Waals surface area contributed by atoms with Gasteiger partial charge in [0, 0.05) is 43.8 Å². The van der Waals surface area contributed by atoms with Gasteiger partial charge in [0.25, 0.3) is 0 Å². The highest BCUT2D eigenvalue weighted by Crippen LogP contribution is 2.40. The molecule has 132 valence electrons. The number of hydrogen-bond acceptors (Lipinski definition) is 4. The molecule has 4 rings (SSSR count). The smallest absolute Gasteiger partial charge is 0.137 e. The maximum absolute atomic E-state index is 5.75. The van der Waals surface area contributed by atoms with Crippen molar-refractivity contribution in [1.82, 2.24) is 15.2 Å². The molecule has 2 aromatic rings. The second kappa shape index (κ2) is 7.54. The van der Waals surface area contributed by atoms with E-state index in [1.165, 1.54) is 25.1 Å². The largest absolute Gasteiger partial charge is 0.491 e. The van der Waals surface area contributed by atoms with Crippen LogP contribution in [0.2, 0.25) is 0 Å². The number of aromatic nitrogens is 1. The summed E-state index contributed by atoms with van der Waals surface area (Å²) in [5, 5.41) is 3.75. The first kappa shape index (κ1) is 16.6. The number of aryl methyl sites for hydroxylation is 1. The third kappa shape index (κ3) is 4.39. The van der Waals surface area contributed by atoms with Gasteiger partial charge in [-0.2, -0.15) is 0 Å². The molecule has 1 N–H and O–H groups in total. The predicted molar refractivity (Wildman–Crippen MR) is 100.0 cm³/mol. The zero-order valence-corrected chi connectivity index (χ0v) is 14.9. The zero-order valence-electron chi connectivity index (χ0n) is 14.9. The van der Waals surface area contributed by atoms with E-state index in [0.717, 1.165) is 43.0 Å². The number of hydrogen-bond donors (Lipinski definition) is 1. The number of nitrogens with one attached hydrogen (secondary N) is 1. The summed E-state index contributed by atoms with van der Waals surface area (Å²) in [6.45, 7) is 7.25. The van der Waals surface area contributed by atoms with Gasteiger partial charge in [-0.15, -0.1) is 0 Å². The van der Waals surface area contributed by atoms with Crippen LogP contribution >= 0.6 is 0 Å². The maximum atomic E-state index is 5.75. The lowest BCUT2D eigenvalue weighted by molar-refractivity contribution is 0.0819. The summed E-state index contributed by atoms with van der Waals surface area (Å²) in [6, 6.07) is 15.5. The molecule has 25 heavy (non-hydrogen) atoms. The number of nitrogens with zero attached hydrogens (tertiary/aromatic N) is 2. The normalized spacial score (nSPS) is 23.2. The molecule has 4 nitrogen and oxygen atoms in total. The van der Waals surface area contributed by atoms with E-state index in [-0.39, 0.29) is 0 Å². The van der Waals surface area contributed by atoms with Crippen LogP contribution in [-0.2, 0) is 0 Å². The molecule has 4 heteroatoms. The lowest BCUT2D eigenvalue weighted by atomic mass is 10.0. The average Bonchev–Trinajstić information content (AvgIpc) is 3.38. The molecule has 2 heterocycles. The molecule has 2 aliphatic rings. The highest BCUT2D eigenvalue weighted by molar-refractivity contribution is 5.27. The number of rotatable bonds is 8. The first-order chi connectivity index (χ1) is 12.3. The molecule has 1 aromatic carbocycles. The molecule has 2 atom stereocenters. The molecule has 1 unspecified atom stereocenters. The number of likely N-dealkylation sites (tertiary alicyclic amines) is 1. The summed E-state index contributed by atoms with van der Waals surface area (Å²) in [5.41, 5.74) is 2.51. The van der Waals surface area contributed by atoms with Gasteiger partial charge in [-0.3, -0.25) is 9.88 Å². The Morgan fingerprint density at radius 3 is 2.76 bits per heavy atom. The Kier molecular flexibility index (Phi) is 4.99. The van der Waals surface area contributed by atoms with Crippen molar-refractivity contribution in [2.45, 2.75) is 25.3 Å². The van der Waals surface area contributed by atoms with Crippen molar-refractivity contribution in [1.29, 1.82) is 0 Å². The fourth-order valence-corrected chi connectivity index (χ4v) is 3.63. The summed E-state index contributed by atoms with van der Waals surface area (Å²) < 4.78 is 5.75. The van der Waals surface area contributed by atoms with Crippen LogP contribution in [0.1, 0.15) is 23.6 Å². The summed E-state index contributed by atoms with van der Waals surface area (Å²) in [7, 11) is 0. The minimum atomic E-state index is 0.689. The van der Waals surface area contributed by atoms with E-state index < -0.39 is 0 Å². The Balaban J connectivity index is 1.08. The number of ether oxygens (including phenoxy) is 1. The van der Waals surface area contributed by atoms with Crippen molar-refractivity contribution < 1.29 is 4.74 Å². The van der Waals surface area contributed by atoms with Crippen molar-refractivity contribution in [2.75, 3.05) is 32.8 Å². The van der Waals surface area contributed by atoms with Crippen LogP contribution in [0, 0.1) is 12.8 Å². The summed E-state index contributed by atoms with van der Waals surface area (Å²) >= 11 is 0. The minimum absolute atomic E-state index is 0.689. The van der Waals surface area contributed by atoms with Gasteiger partial charge >= 0.3 is 0 Å². The fraction of sp³-hybridized carbons (Fsp3) is 0.476. The van der Waals surface area contributed by atoms with Crippen molar-refractivity contribution in [3.63, 3.8) is 0 Å². The van der Waals surface area contributed by atoms with E-state index in [9.17, 15) is 0 Å². The Hall–Kier alpha value is -1.91. The highest BCUT2D eigenvalue weighted by Gasteiger charge is 2.38. The van der Waals surface area contributed by atoms with Gasteiger partial charge in [0.05, 0.1) is 6.20 Å². The average molecular weight is 337 g/mol. The molecule has 0 radical (unpaired) electrons. The zero-order chi connectivity index (χ0) is 17.1. The molecule has 0 bridgehead atoms. The first-order valence-electron chi connectivity index (χ1n) is 9.34. The molecular formula is C21H27N3O. The van der Waals surface area contributed by atoms with E-state index in [1.54, 1.807) is 6.20 Å². The first-order valence-corrected chi connectivity index (χ1v) is 9.34. The Labute approximate surface area is 150 Å². The van der Waals surface area contributed by atoms with Gasteiger partial charge in [0.15, 0.2) is 0 Å². The van der Waals surface area contributed by atoms with E-state index in [2.05, 4.69) is 45.5 Å². The van der Waals surface area contributed by atoms with E-state index in [4.69, 9.17) is 4.74 Å². The van der Waals surface area contributed by atoms with Crippen LogP contribution in [0.25, 0.3) is 0 Å². The molecule has 1 saturated carbocycles. The minimum Gasteiger partial charge on any atom is -0.491 e. The van der Waals surface area contributed by atoms with E-state index >= 15 is 0 Å². The van der Waals surface area contributed by atoms with Crippen LogP contribution in [0.5, 0.6) is 5.75 Å². The monoisotopic (exact) mass is 337 g/mol. The van der Waals surface area contributed by atoms with Crippen LogP contribution in [0.3, 0.4) is 0 Å². The van der Waals surface area contributed by atoms with Crippen molar-refractivity contribution >= 4 is 0 Å². The highest BCUT2D eigenvalue weighted by atomic mass is 16.5. The third-order valence-electron chi connectivity index (χ3n) is 5.28. The van der Waals surface area contributed by atoms with Gasteiger partial charge in [-0.05, 0) is 37.0 Å². The van der Waals surface area contributed by atoms with Crippen LogP contribution in [0.15, 0.2) is 48.7 Å². The number of pyridine rings is 1. The maximum Gasteiger partial charge on any atom is 0.137 e. The molecule has 1 aliphatic carbocycles. The molecular weight excluding hydrogens is 310 g/mol. The molecule has 2 fully saturated rings. The Bertz CT molecular complexity index is 667. The van der Waals surface area contributed by atoms with Crippen LogP contribution in [0.4, 0.5) is 0 Å². The molecule has 0 amide bonds. The van der Waals surface area contributed by atoms with Gasteiger partial charge in [0.2, 0.25) is 0 Å². The van der Waals surface area contributed by atoms with Gasteiger partial charge in [-0.1, -0.05) is 30.3 Å². The summed E-state index contributed by atoms with van der Waals surface area (Å²) in [6.07, 6.45) is 3.09. The topological polar surface area (TPSA) is 37.4 Å². The Morgan fingerprint density at radius 2 is 2.00 bits per heavy atom. The molecule has 0 spiro atoms. The van der Waals surface area contributed by atoms with Gasteiger partial charge in [0.1, 0.15) is 12.4 Å². The van der Waals surface area contributed by atoms with Gasteiger partial charge in [-0.25, -0.2) is 0 Å². The summed E-state index contributed by atoms with van der Waals surface area (Å²) in [5.74, 6) is 2.39. The third-order valence-corrected chi connectivity index (χ3v) is 5.28. The quantitative estimate of drug-likeness (QED) is 0.804. The SMILES string of the molecule is Cc1ccc(OCCN2CC(CN[C@@H]3CC3c3ccccc3)C2)cn1. The van der Waals surface area contributed by atoms with Crippen molar-refractivity contribution in [3.05, 3.63) is 59.9 Å². The van der Waals surface area contributed by atoms with Crippen LogP contribution in [-0.4, -0.2) is 48.7 Å². The Morgan fingerprint density at radius 1 is 1.16 bits per heavy atom. The molecule has 1 aromatic heterocycles. The number of benzene rings is 1. The fourth-order valence-electron chi connectivity index (χ4n) is 3.63. The van der Waals surface area contributed by atoms with Crippen molar-refractivity contribution in [2.24, 2.45) is 5.92 Å². The molecule has 1 aliphatic heterocycles. The second-order valence-corrected chi connectivity index (χ2v) is 7.38.